The van der Waals surface area contributed by atoms with Crippen molar-refractivity contribution in [2.75, 3.05) is 20.2 Å². The van der Waals surface area contributed by atoms with Crippen LogP contribution in [-0.2, 0) is 6.54 Å². The van der Waals surface area contributed by atoms with Crippen LogP contribution in [0.25, 0.3) is 0 Å². The maximum Gasteiger partial charge on any atom is 0.160 e. The second-order valence-electron chi connectivity index (χ2n) is 4.89. The zero-order valence-corrected chi connectivity index (χ0v) is 12.4. The van der Waals surface area contributed by atoms with Crippen molar-refractivity contribution in [2.24, 2.45) is 5.92 Å². The third-order valence-corrected chi connectivity index (χ3v) is 3.50. The average molecular weight is 253 g/mol. The van der Waals surface area contributed by atoms with Gasteiger partial charge < -0.3 is 10.1 Å². The average Bonchev–Trinajstić information content (AvgIpc) is 2.78. The fourth-order valence-electron chi connectivity index (χ4n) is 2.20. The Kier molecular flexibility index (Phi) is 6.19. The molecule has 1 aromatic rings. The molecule has 1 heterocycles. The monoisotopic (exact) mass is 253 g/mol. The standard InChI is InChI=1S/C14H27N3O/c1-6-8-17-14(13(18-5)10-16-17)12(4)11(3)9-15-7-2/h10-12,15H,6-9H2,1-5H3. The van der Waals surface area contributed by atoms with Crippen LogP contribution in [0.1, 0.15) is 45.7 Å². The number of aryl methyl sites for hydroxylation is 1. The number of hydrogen-bond acceptors (Lipinski definition) is 3. The molecule has 0 aliphatic carbocycles. The minimum Gasteiger partial charge on any atom is -0.493 e. The molecule has 0 fully saturated rings. The van der Waals surface area contributed by atoms with Crippen LogP contribution in [0.4, 0.5) is 0 Å². The normalized spacial score (nSPS) is 14.5. The van der Waals surface area contributed by atoms with E-state index in [0.29, 0.717) is 11.8 Å². The molecule has 0 amide bonds. The number of nitrogens with one attached hydrogen (secondary N) is 1. The fraction of sp³-hybridized carbons (Fsp3) is 0.786. The molecule has 104 valence electrons. The third kappa shape index (κ3) is 3.48. The minimum atomic E-state index is 0.438. The molecule has 0 aliphatic heterocycles. The van der Waals surface area contributed by atoms with Gasteiger partial charge in [-0.25, -0.2) is 0 Å². The zero-order valence-electron chi connectivity index (χ0n) is 12.4. The van der Waals surface area contributed by atoms with Crippen LogP contribution in [0.2, 0.25) is 0 Å². The molecule has 1 N–H and O–H groups in total. The van der Waals surface area contributed by atoms with Gasteiger partial charge in [0.15, 0.2) is 5.75 Å². The Morgan fingerprint density at radius 2 is 2.11 bits per heavy atom. The van der Waals surface area contributed by atoms with Crippen LogP contribution < -0.4 is 10.1 Å². The van der Waals surface area contributed by atoms with E-state index in [0.717, 1.165) is 31.8 Å². The fourth-order valence-corrected chi connectivity index (χ4v) is 2.20. The SMILES string of the molecule is CCCn1ncc(OC)c1C(C)C(C)CNCC. The molecular formula is C14H27N3O. The van der Waals surface area contributed by atoms with Gasteiger partial charge >= 0.3 is 0 Å². The maximum atomic E-state index is 5.44. The molecule has 0 aliphatic rings. The Morgan fingerprint density at radius 1 is 1.39 bits per heavy atom. The van der Waals surface area contributed by atoms with Crippen LogP contribution in [0, 0.1) is 5.92 Å². The second-order valence-corrected chi connectivity index (χ2v) is 4.89. The molecular weight excluding hydrogens is 226 g/mol. The minimum absolute atomic E-state index is 0.438. The molecule has 0 saturated heterocycles. The van der Waals surface area contributed by atoms with Gasteiger partial charge in [-0.1, -0.05) is 27.7 Å². The first kappa shape index (κ1) is 15.0. The van der Waals surface area contributed by atoms with E-state index in [9.17, 15) is 0 Å². The lowest BCUT2D eigenvalue weighted by atomic mass is 9.92. The number of ether oxygens (including phenoxy) is 1. The number of methoxy groups -OCH3 is 1. The van der Waals surface area contributed by atoms with E-state index in [4.69, 9.17) is 4.74 Å². The summed E-state index contributed by atoms with van der Waals surface area (Å²) < 4.78 is 7.53. The Labute approximate surface area is 111 Å². The van der Waals surface area contributed by atoms with E-state index in [-0.39, 0.29) is 0 Å². The second kappa shape index (κ2) is 7.41. The molecule has 2 atom stereocenters. The van der Waals surface area contributed by atoms with Crippen LogP contribution in [0.15, 0.2) is 6.20 Å². The summed E-state index contributed by atoms with van der Waals surface area (Å²) in [6.45, 7) is 11.8. The maximum absolute atomic E-state index is 5.44. The summed E-state index contributed by atoms with van der Waals surface area (Å²) >= 11 is 0. The van der Waals surface area contributed by atoms with Gasteiger partial charge in [0.05, 0.1) is 19.0 Å². The molecule has 0 spiro atoms. The van der Waals surface area contributed by atoms with Gasteiger partial charge in [0.2, 0.25) is 0 Å². The molecule has 18 heavy (non-hydrogen) atoms. The van der Waals surface area contributed by atoms with E-state index in [2.05, 4.69) is 42.8 Å². The van der Waals surface area contributed by atoms with Crippen molar-refractivity contribution < 1.29 is 4.74 Å². The van der Waals surface area contributed by atoms with Crippen molar-refractivity contribution >= 4 is 0 Å². The summed E-state index contributed by atoms with van der Waals surface area (Å²) in [5.41, 5.74) is 1.23. The molecule has 0 aromatic carbocycles. The third-order valence-electron chi connectivity index (χ3n) is 3.50. The van der Waals surface area contributed by atoms with Gasteiger partial charge in [-0.2, -0.15) is 5.10 Å². The predicted octanol–water partition coefficient (Wildman–Crippen LogP) is 2.65. The molecule has 0 saturated carbocycles. The van der Waals surface area contributed by atoms with E-state index in [1.807, 2.05) is 6.20 Å². The van der Waals surface area contributed by atoms with Crippen LogP contribution in [0.5, 0.6) is 5.75 Å². The molecule has 0 bridgehead atoms. The molecule has 4 heteroatoms. The highest BCUT2D eigenvalue weighted by molar-refractivity contribution is 5.28. The van der Waals surface area contributed by atoms with Crippen LogP contribution >= 0.6 is 0 Å². The van der Waals surface area contributed by atoms with Crippen molar-refractivity contribution in [3.63, 3.8) is 0 Å². The van der Waals surface area contributed by atoms with Crippen molar-refractivity contribution in [2.45, 2.75) is 46.6 Å². The smallest absolute Gasteiger partial charge is 0.160 e. The summed E-state index contributed by atoms with van der Waals surface area (Å²) in [7, 11) is 1.72. The summed E-state index contributed by atoms with van der Waals surface area (Å²) in [5.74, 6) is 1.92. The van der Waals surface area contributed by atoms with E-state index in [1.54, 1.807) is 7.11 Å². The molecule has 1 rings (SSSR count). The van der Waals surface area contributed by atoms with Crippen LogP contribution in [-0.4, -0.2) is 30.0 Å². The van der Waals surface area contributed by atoms with Gasteiger partial charge in [-0.3, -0.25) is 4.68 Å². The molecule has 4 nitrogen and oxygen atoms in total. The van der Waals surface area contributed by atoms with E-state index < -0.39 is 0 Å². The highest BCUT2D eigenvalue weighted by Gasteiger charge is 2.22. The van der Waals surface area contributed by atoms with Crippen LogP contribution in [0.3, 0.4) is 0 Å². The number of hydrogen-bond donors (Lipinski definition) is 1. The lowest BCUT2D eigenvalue weighted by Gasteiger charge is -2.22. The summed E-state index contributed by atoms with van der Waals surface area (Å²) in [5, 5.41) is 7.84. The highest BCUT2D eigenvalue weighted by atomic mass is 16.5. The van der Waals surface area contributed by atoms with Gasteiger partial charge in [-0.05, 0) is 25.4 Å². The number of aromatic nitrogens is 2. The summed E-state index contributed by atoms with van der Waals surface area (Å²) in [4.78, 5) is 0. The highest BCUT2D eigenvalue weighted by Crippen LogP contribution is 2.31. The Bertz CT molecular complexity index is 349. The van der Waals surface area contributed by atoms with Gasteiger partial charge in [-0.15, -0.1) is 0 Å². The van der Waals surface area contributed by atoms with Crippen molar-refractivity contribution in [1.82, 2.24) is 15.1 Å². The van der Waals surface area contributed by atoms with E-state index >= 15 is 0 Å². The molecule has 0 radical (unpaired) electrons. The van der Waals surface area contributed by atoms with Gasteiger partial charge in [0, 0.05) is 12.5 Å². The molecule has 2 unspecified atom stereocenters. The first-order valence-electron chi connectivity index (χ1n) is 6.96. The van der Waals surface area contributed by atoms with E-state index in [1.165, 1.54) is 5.69 Å². The quantitative estimate of drug-likeness (QED) is 0.774. The van der Waals surface area contributed by atoms with Gasteiger partial charge in [0.25, 0.3) is 0 Å². The summed E-state index contributed by atoms with van der Waals surface area (Å²) in [6, 6.07) is 0. The summed E-state index contributed by atoms with van der Waals surface area (Å²) in [6.07, 6.45) is 2.92. The Hall–Kier alpha value is -1.03. The van der Waals surface area contributed by atoms with Crippen molar-refractivity contribution in [1.29, 1.82) is 0 Å². The first-order valence-corrected chi connectivity index (χ1v) is 6.96. The Balaban J connectivity index is 2.87. The molecule has 1 aromatic heterocycles. The lowest BCUT2D eigenvalue weighted by Crippen LogP contribution is -2.25. The lowest BCUT2D eigenvalue weighted by molar-refractivity contribution is 0.377. The topological polar surface area (TPSA) is 39.1 Å². The number of rotatable bonds is 8. The van der Waals surface area contributed by atoms with Crippen molar-refractivity contribution in [3.05, 3.63) is 11.9 Å². The predicted molar refractivity (Wildman–Crippen MR) is 75.2 cm³/mol. The number of nitrogens with zero attached hydrogens (tertiary/aromatic N) is 2. The zero-order chi connectivity index (χ0) is 13.5. The van der Waals surface area contributed by atoms with Gasteiger partial charge in [0.1, 0.15) is 0 Å². The van der Waals surface area contributed by atoms with Crippen molar-refractivity contribution in [3.8, 4) is 5.75 Å². The largest absolute Gasteiger partial charge is 0.493 e. The Morgan fingerprint density at radius 3 is 2.67 bits per heavy atom. The first-order chi connectivity index (χ1) is 8.65.